The molecule has 0 aromatic heterocycles. The summed E-state index contributed by atoms with van der Waals surface area (Å²) in [6.45, 7) is 7.64. The standard InChI is InChI=1S/C20H28O4/c1-4-23-19(21)11-13-20(3)12-10-18(24-20)16(2)14-22-15-17-8-6-5-7-9-17/h5-9,11,13,16,18H,4,10,12,14-15H2,1-3H3/b13-11+/t16-,18+,20?/m1/s1. The fourth-order valence-electron chi connectivity index (χ4n) is 2.89. The van der Waals surface area contributed by atoms with E-state index in [1.807, 2.05) is 31.2 Å². The summed E-state index contributed by atoms with van der Waals surface area (Å²) >= 11 is 0. The minimum atomic E-state index is -0.398. The largest absolute Gasteiger partial charge is 0.463 e. The molecule has 24 heavy (non-hydrogen) atoms. The predicted molar refractivity (Wildman–Crippen MR) is 93.5 cm³/mol. The average Bonchev–Trinajstić information content (AvgIpc) is 2.97. The third kappa shape index (κ3) is 5.77. The fraction of sp³-hybridized carbons (Fsp3) is 0.550. The smallest absolute Gasteiger partial charge is 0.330 e. The molecule has 0 N–H and O–H groups in total. The lowest BCUT2D eigenvalue weighted by Crippen LogP contribution is -2.27. The molecule has 0 spiro atoms. The van der Waals surface area contributed by atoms with Gasteiger partial charge in [-0.05, 0) is 38.3 Å². The molecule has 1 unspecified atom stereocenters. The van der Waals surface area contributed by atoms with Gasteiger partial charge in [0.15, 0.2) is 0 Å². The van der Waals surface area contributed by atoms with Gasteiger partial charge in [0.05, 0.1) is 31.5 Å². The van der Waals surface area contributed by atoms with Gasteiger partial charge in [-0.15, -0.1) is 0 Å². The Hall–Kier alpha value is -1.65. The molecule has 1 aromatic carbocycles. The first-order chi connectivity index (χ1) is 11.5. The van der Waals surface area contributed by atoms with E-state index >= 15 is 0 Å². The number of esters is 1. The molecule has 1 heterocycles. The molecule has 0 aliphatic carbocycles. The number of rotatable bonds is 8. The van der Waals surface area contributed by atoms with Crippen molar-refractivity contribution in [1.82, 2.24) is 0 Å². The minimum absolute atomic E-state index is 0.151. The van der Waals surface area contributed by atoms with E-state index in [9.17, 15) is 4.79 Å². The lowest BCUT2D eigenvalue weighted by atomic mass is 9.98. The van der Waals surface area contributed by atoms with Crippen LogP contribution in [0.5, 0.6) is 0 Å². The summed E-state index contributed by atoms with van der Waals surface area (Å²) in [5.74, 6) is -0.00320. The molecule has 1 fully saturated rings. The summed E-state index contributed by atoms with van der Waals surface area (Å²) < 4.78 is 16.9. The zero-order chi connectivity index (χ0) is 17.4. The highest BCUT2D eigenvalue weighted by atomic mass is 16.5. The van der Waals surface area contributed by atoms with Gasteiger partial charge in [-0.1, -0.05) is 37.3 Å². The Morgan fingerprint density at radius 1 is 1.42 bits per heavy atom. The topological polar surface area (TPSA) is 44.8 Å². The Balaban J connectivity index is 1.76. The molecule has 1 aromatic rings. The van der Waals surface area contributed by atoms with Crippen molar-refractivity contribution >= 4 is 5.97 Å². The van der Waals surface area contributed by atoms with Crippen LogP contribution in [-0.2, 0) is 25.6 Å². The highest BCUT2D eigenvalue weighted by Crippen LogP contribution is 2.34. The fourth-order valence-corrected chi connectivity index (χ4v) is 2.89. The van der Waals surface area contributed by atoms with Crippen LogP contribution in [0.15, 0.2) is 42.5 Å². The zero-order valence-corrected chi connectivity index (χ0v) is 14.9. The second kappa shape index (κ2) is 9.00. The Bertz CT molecular complexity index is 540. The molecular weight excluding hydrogens is 304 g/mol. The first-order valence-electron chi connectivity index (χ1n) is 8.68. The van der Waals surface area contributed by atoms with Crippen LogP contribution in [0.25, 0.3) is 0 Å². The summed E-state index contributed by atoms with van der Waals surface area (Å²) in [5.41, 5.74) is 0.782. The second-order valence-electron chi connectivity index (χ2n) is 6.57. The highest BCUT2D eigenvalue weighted by Gasteiger charge is 2.36. The number of hydrogen-bond donors (Lipinski definition) is 0. The van der Waals surface area contributed by atoms with E-state index in [1.165, 1.54) is 11.6 Å². The Morgan fingerprint density at radius 2 is 2.17 bits per heavy atom. The van der Waals surface area contributed by atoms with Crippen molar-refractivity contribution in [3.05, 3.63) is 48.0 Å². The molecule has 0 bridgehead atoms. The van der Waals surface area contributed by atoms with Gasteiger partial charge >= 0.3 is 5.97 Å². The molecule has 3 atom stereocenters. The zero-order valence-electron chi connectivity index (χ0n) is 14.9. The quantitative estimate of drug-likeness (QED) is 0.535. The van der Waals surface area contributed by atoms with Crippen molar-refractivity contribution in [3.8, 4) is 0 Å². The van der Waals surface area contributed by atoms with E-state index < -0.39 is 5.60 Å². The molecule has 1 aliphatic heterocycles. The lowest BCUT2D eigenvalue weighted by Gasteiger charge is -2.24. The molecule has 4 heteroatoms. The molecular formula is C20H28O4. The summed E-state index contributed by atoms with van der Waals surface area (Å²) in [4.78, 5) is 11.4. The maximum atomic E-state index is 11.4. The molecule has 1 aliphatic rings. The monoisotopic (exact) mass is 332 g/mol. The van der Waals surface area contributed by atoms with Crippen molar-refractivity contribution in [2.45, 2.75) is 51.9 Å². The maximum Gasteiger partial charge on any atom is 0.330 e. The van der Waals surface area contributed by atoms with Crippen LogP contribution in [0.4, 0.5) is 0 Å². The predicted octanol–water partition coefficient (Wildman–Crippen LogP) is 3.90. The summed E-state index contributed by atoms with van der Waals surface area (Å²) in [6.07, 6.45) is 5.32. The van der Waals surface area contributed by atoms with E-state index in [2.05, 4.69) is 19.1 Å². The number of carbonyl (C=O) groups is 1. The van der Waals surface area contributed by atoms with Crippen LogP contribution in [0.1, 0.15) is 39.2 Å². The van der Waals surface area contributed by atoms with E-state index in [0.29, 0.717) is 25.7 Å². The summed E-state index contributed by atoms with van der Waals surface area (Å²) in [5, 5.41) is 0. The van der Waals surface area contributed by atoms with Crippen molar-refractivity contribution in [2.75, 3.05) is 13.2 Å². The Morgan fingerprint density at radius 3 is 2.88 bits per heavy atom. The van der Waals surface area contributed by atoms with Crippen LogP contribution >= 0.6 is 0 Å². The molecule has 4 nitrogen and oxygen atoms in total. The first kappa shape index (κ1) is 18.7. The van der Waals surface area contributed by atoms with Crippen LogP contribution in [0, 0.1) is 5.92 Å². The number of carbonyl (C=O) groups excluding carboxylic acids is 1. The normalized spacial score (nSPS) is 25.0. The third-order valence-corrected chi connectivity index (χ3v) is 4.33. The molecule has 1 saturated heterocycles. The maximum absolute atomic E-state index is 11.4. The van der Waals surface area contributed by atoms with Gasteiger partial charge in [0.1, 0.15) is 0 Å². The first-order valence-corrected chi connectivity index (χ1v) is 8.68. The Kier molecular flexibility index (Phi) is 7.00. The SMILES string of the molecule is CCOC(=O)/C=C/C1(C)CC[C@@H]([C@H](C)COCc2ccccc2)O1. The summed E-state index contributed by atoms with van der Waals surface area (Å²) in [7, 11) is 0. The molecule has 132 valence electrons. The van der Waals surface area contributed by atoms with Crippen LogP contribution < -0.4 is 0 Å². The van der Waals surface area contributed by atoms with Crippen molar-refractivity contribution in [1.29, 1.82) is 0 Å². The van der Waals surface area contributed by atoms with Crippen molar-refractivity contribution in [2.24, 2.45) is 5.92 Å². The van der Waals surface area contributed by atoms with Crippen molar-refractivity contribution < 1.29 is 19.0 Å². The van der Waals surface area contributed by atoms with Gasteiger partial charge < -0.3 is 14.2 Å². The molecule has 2 rings (SSSR count). The number of ether oxygens (including phenoxy) is 3. The van der Waals surface area contributed by atoms with Gasteiger partial charge in [0, 0.05) is 12.0 Å². The third-order valence-electron chi connectivity index (χ3n) is 4.33. The number of benzene rings is 1. The Labute approximate surface area is 144 Å². The molecule has 0 saturated carbocycles. The molecule has 0 amide bonds. The van der Waals surface area contributed by atoms with Crippen LogP contribution in [-0.4, -0.2) is 30.9 Å². The second-order valence-corrected chi connectivity index (χ2v) is 6.57. The summed E-state index contributed by atoms with van der Waals surface area (Å²) in [6, 6.07) is 10.2. The minimum Gasteiger partial charge on any atom is -0.463 e. The van der Waals surface area contributed by atoms with Gasteiger partial charge in [-0.3, -0.25) is 0 Å². The van der Waals surface area contributed by atoms with Crippen molar-refractivity contribution in [3.63, 3.8) is 0 Å². The van der Waals surface area contributed by atoms with Gasteiger partial charge in [0.25, 0.3) is 0 Å². The number of hydrogen-bond acceptors (Lipinski definition) is 4. The van der Waals surface area contributed by atoms with Crippen LogP contribution in [0.2, 0.25) is 0 Å². The average molecular weight is 332 g/mol. The highest BCUT2D eigenvalue weighted by molar-refractivity contribution is 5.82. The van der Waals surface area contributed by atoms with E-state index in [1.54, 1.807) is 6.92 Å². The van der Waals surface area contributed by atoms with E-state index in [-0.39, 0.29) is 12.1 Å². The van der Waals surface area contributed by atoms with E-state index in [4.69, 9.17) is 14.2 Å². The lowest BCUT2D eigenvalue weighted by molar-refractivity contribution is -0.137. The molecule has 0 radical (unpaired) electrons. The van der Waals surface area contributed by atoms with Gasteiger partial charge in [-0.25, -0.2) is 4.79 Å². The van der Waals surface area contributed by atoms with Crippen LogP contribution in [0.3, 0.4) is 0 Å². The van der Waals surface area contributed by atoms with Gasteiger partial charge in [0.2, 0.25) is 0 Å². The van der Waals surface area contributed by atoms with Gasteiger partial charge in [-0.2, -0.15) is 0 Å². The van der Waals surface area contributed by atoms with E-state index in [0.717, 1.165) is 12.8 Å².